The summed E-state index contributed by atoms with van der Waals surface area (Å²) in [5.74, 6) is 0.744. The Bertz CT molecular complexity index is 886. The van der Waals surface area contributed by atoms with Crippen LogP contribution in [0.1, 0.15) is 16.8 Å². The van der Waals surface area contributed by atoms with Crippen LogP contribution >= 0.6 is 0 Å². The van der Waals surface area contributed by atoms with Gasteiger partial charge >= 0.3 is 0 Å². The number of rotatable bonds is 5. The Kier molecular flexibility index (Phi) is 4.75. The average Bonchev–Trinajstić information content (AvgIpc) is 2.63. The van der Waals surface area contributed by atoms with Crippen LogP contribution in [0, 0.1) is 6.92 Å². The number of hydrogen-bond acceptors (Lipinski definition) is 3. The highest BCUT2D eigenvalue weighted by Crippen LogP contribution is 2.32. The first-order chi connectivity index (χ1) is 11.7. The zero-order valence-corrected chi connectivity index (χ0v) is 13.9. The molecule has 0 unspecified atom stereocenters. The molecule has 3 rings (SSSR count). The third-order valence-corrected chi connectivity index (χ3v) is 4.15. The van der Waals surface area contributed by atoms with Crippen LogP contribution in [0.2, 0.25) is 0 Å². The van der Waals surface area contributed by atoms with E-state index < -0.39 is 0 Å². The second-order valence-corrected chi connectivity index (χ2v) is 5.68. The predicted octanol–water partition coefficient (Wildman–Crippen LogP) is 3.54. The van der Waals surface area contributed by atoms with E-state index in [0.717, 1.165) is 34.6 Å². The topological polar surface area (TPSA) is 55.0 Å². The minimum atomic E-state index is -0.141. The number of para-hydroxylation sites is 1. The molecule has 3 aromatic rings. The van der Waals surface area contributed by atoms with Gasteiger partial charge in [-0.2, -0.15) is 5.10 Å². The minimum Gasteiger partial charge on any atom is -0.496 e. The highest BCUT2D eigenvalue weighted by Gasteiger charge is 2.16. The molecular formula is C20H20N2O2. The van der Waals surface area contributed by atoms with Crippen molar-refractivity contribution in [2.24, 2.45) is 0 Å². The fraction of sp³-hybridized carbons (Fsp3) is 0.200. The number of ether oxygens (including phenoxy) is 1. The van der Waals surface area contributed by atoms with Crippen molar-refractivity contribution < 1.29 is 4.74 Å². The molecule has 1 heterocycles. The lowest BCUT2D eigenvalue weighted by atomic mass is 9.95. The van der Waals surface area contributed by atoms with E-state index in [1.165, 1.54) is 5.56 Å². The molecule has 0 aliphatic carbocycles. The molecule has 0 saturated carbocycles. The number of nitrogens with zero attached hydrogens (tertiary/aromatic N) is 1. The molecule has 0 aliphatic heterocycles. The molecular weight excluding hydrogens is 300 g/mol. The van der Waals surface area contributed by atoms with Gasteiger partial charge in [0.2, 0.25) is 0 Å². The van der Waals surface area contributed by atoms with E-state index in [1.54, 1.807) is 7.11 Å². The molecule has 0 fully saturated rings. The number of nitrogens with one attached hydrogen (secondary N) is 1. The monoisotopic (exact) mass is 320 g/mol. The fourth-order valence-electron chi connectivity index (χ4n) is 2.95. The second kappa shape index (κ2) is 7.13. The maximum absolute atomic E-state index is 12.4. The first-order valence-corrected chi connectivity index (χ1v) is 7.96. The van der Waals surface area contributed by atoms with Gasteiger partial charge in [0.25, 0.3) is 5.56 Å². The van der Waals surface area contributed by atoms with Gasteiger partial charge in [-0.05, 0) is 31.4 Å². The Morgan fingerprint density at radius 2 is 1.71 bits per heavy atom. The van der Waals surface area contributed by atoms with Crippen molar-refractivity contribution in [1.82, 2.24) is 10.2 Å². The van der Waals surface area contributed by atoms with Gasteiger partial charge in [0, 0.05) is 16.7 Å². The third kappa shape index (κ3) is 3.23. The molecule has 122 valence electrons. The van der Waals surface area contributed by atoms with Crippen molar-refractivity contribution >= 4 is 0 Å². The minimum absolute atomic E-state index is 0.141. The lowest BCUT2D eigenvalue weighted by Crippen LogP contribution is -2.18. The molecule has 1 aromatic heterocycles. The number of H-pyrrole nitrogens is 1. The van der Waals surface area contributed by atoms with Crippen LogP contribution in [0.25, 0.3) is 11.1 Å². The Labute approximate surface area is 141 Å². The largest absolute Gasteiger partial charge is 0.496 e. The first kappa shape index (κ1) is 16.0. The van der Waals surface area contributed by atoms with Gasteiger partial charge in [0.05, 0.1) is 12.8 Å². The van der Waals surface area contributed by atoms with Gasteiger partial charge in [-0.1, -0.05) is 48.5 Å². The lowest BCUT2D eigenvalue weighted by molar-refractivity contribution is 0.416. The quantitative estimate of drug-likeness (QED) is 0.782. The van der Waals surface area contributed by atoms with Gasteiger partial charge in [0.1, 0.15) is 5.75 Å². The Balaban J connectivity index is 2.06. The van der Waals surface area contributed by atoms with Crippen molar-refractivity contribution in [2.75, 3.05) is 7.11 Å². The zero-order valence-electron chi connectivity index (χ0n) is 13.9. The average molecular weight is 320 g/mol. The lowest BCUT2D eigenvalue weighted by Gasteiger charge is -2.14. The summed E-state index contributed by atoms with van der Waals surface area (Å²) in [6, 6.07) is 17.9. The van der Waals surface area contributed by atoms with E-state index in [1.807, 2.05) is 49.4 Å². The van der Waals surface area contributed by atoms with E-state index in [2.05, 4.69) is 22.3 Å². The SMILES string of the molecule is COc1ccccc1-c1c(C)n[nH]c(=O)c1CCc1ccccc1. The van der Waals surface area contributed by atoms with Crippen LogP contribution in [0.4, 0.5) is 0 Å². The van der Waals surface area contributed by atoms with E-state index >= 15 is 0 Å². The van der Waals surface area contributed by atoms with Crippen LogP contribution in [-0.2, 0) is 12.8 Å². The van der Waals surface area contributed by atoms with E-state index in [-0.39, 0.29) is 5.56 Å². The van der Waals surface area contributed by atoms with Crippen molar-refractivity contribution in [1.29, 1.82) is 0 Å². The number of benzene rings is 2. The summed E-state index contributed by atoms with van der Waals surface area (Å²) in [5, 5.41) is 6.76. The van der Waals surface area contributed by atoms with Crippen LogP contribution in [-0.4, -0.2) is 17.3 Å². The van der Waals surface area contributed by atoms with Crippen molar-refractivity contribution in [3.63, 3.8) is 0 Å². The molecule has 0 aliphatic rings. The van der Waals surface area contributed by atoms with Gasteiger partial charge in [-0.15, -0.1) is 0 Å². The number of methoxy groups -OCH3 is 1. The highest BCUT2D eigenvalue weighted by molar-refractivity contribution is 5.74. The summed E-state index contributed by atoms with van der Waals surface area (Å²) in [7, 11) is 1.64. The van der Waals surface area contributed by atoms with Gasteiger partial charge in [0.15, 0.2) is 0 Å². The standard InChI is InChI=1S/C20H20N2O2/c1-14-19(16-10-6-7-11-18(16)24-2)17(20(23)22-21-14)13-12-15-8-4-3-5-9-15/h3-11H,12-13H2,1-2H3,(H,22,23). The summed E-state index contributed by atoms with van der Waals surface area (Å²) in [6.45, 7) is 1.91. The maximum atomic E-state index is 12.4. The second-order valence-electron chi connectivity index (χ2n) is 5.68. The molecule has 0 atom stereocenters. The summed E-state index contributed by atoms with van der Waals surface area (Å²) in [5.41, 5.74) is 4.37. The molecule has 0 amide bonds. The van der Waals surface area contributed by atoms with E-state index in [4.69, 9.17) is 4.74 Å². The normalized spacial score (nSPS) is 10.6. The van der Waals surface area contributed by atoms with E-state index in [0.29, 0.717) is 6.42 Å². The van der Waals surface area contributed by atoms with E-state index in [9.17, 15) is 4.79 Å². The molecule has 2 aromatic carbocycles. The fourth-order valence-corrected chi connectivity index (χ4v) is 2.95. The zero-order chi connectivity index (χ0) is 16.9. The summed E-state index contributed by atoms with van der Waals surface area (Å²) in [4.78, 5) is 12.4. The number of aromatic amines is 1. The molecule has 4 heteroatoms. The molecule has 0 bridgehead atoms. The predicted molar refractivity (Wildman–Crippen MR) is 95.4 cm³/mol. The summed E-state index contributed by atoms with van der Waals surface area (Å²) >= 11 is 0. The number of aryl methyl sites for hydroxylation is 2. The number of aromatic nitrogens is 2. The van der Waals surface area contributed by atoms with Crippen LogP contribution in [0.15, 0.2) is 59.4 Å². The maximum Gasteiger partial charge on any atom is 0.268 e. The van der Waals surface area contributed by atoms with Crippen LogP contribution < -0.4 is 10.3 Å². The molecule has 0 saturated heterocycles. The summed E-state index contributed by atoms with van der Waals surface area (Å²) < 4.78 is 5.47. The highest BCUT2D eigenvalue weighted by atomic mass is 16.5. The molecule has 1 N–H and O–H groups in total. The molecule has 0 radical (unpaired) electrons. The smallest absolute Gasteiger partial charge is 0.268 e. The Morgan fingerprint density at radius 3 is 2.46 bits per heavy atom. The van der Waals surface area contributed by atoms with Crippen LogP contribution in [0.5, 0.6) is 5.75 Å². The van der Waals surface area contributed by atoms with Crippen molar-refractivity contribution in [3.05, 3.63) is 81.8 Å². The van der Waals surface area contributed by atoms with Crippen LogP contribution in [0.3, 0.4) is 0 Å². The van der Waals surface area contributed by atoms with Gasteiger partial charge in [-0.3, -0.25) is 4.79 Å². The first-order valence-electron chi connectivity index (χ1n) is 7.96. The van der Waals surface area contributed by atoms with Crippen molar-refractivity contribution in [3.8, 4) is 16.9 Å². The third-order valence-electron chi connectivity index (χ3n) is 4.15. The molecule has 0 spiro atoms. The van der Waals surface area contributed by atoms with Crippen molar-refractivity contribution in [2.45, 2.75) is 19.8 Å². The molecule has 4 nitrogen and oxygen atoms in total. The molecule has 24 heavy (non-hydrogen) atoms. The van der Waals surface area contributed by atoms with Gasteiger partial charge < -0.3 is 4.74 Å². The van der Waals surface area contributed by atoms with Gasteiger partial charge in [-0.25, -0.2) is 5.10 Å². The number of hydrogen-bond donors (Lipinski definition) is 1. The summed E-state index contributed by atoms with van der Waals surface area (Å²) in [6.07, 6.45) is 1.45. The Morgan fingerprint density at radius 1 is 1.00 bits per heavy atom. The Hall–Kier alpha value is -2.88.